The van der Waals surface area contributed by atoms with Gasteiger partial charge in [-0.25, -0.2) is 4.98 Å². The van der Waals surface area contributed by atoms with Crippen molar-refractivity contribution in [3.63, 3.8) is 0 Å². The second-order valence-corrected chi connectivity index (χ2v) is 5.42. The van der Waals surface area contributed by atoms with Crippen molar-refractivity contribution in [2.45, 2.75) is 13.1 Å². The van der Waals surface area contributed by atoms with Gasteiger partial charge in [0.25, 0.3) is 5.91 Å². The minimum atomic E-state index is -4.64. The van der Waals surface area contributed by atoms with Gasteiger partial charge in [-0.15, -0.1) is 11.3 Å². The lowest BCUT2D eigenvalue weighted by atomic mass is 9.96. The Morgan fingerprint density at radius 1 is 1.45 bits per heavy atom. The predicted octanol–water partition coefficient (Wildman–Crippen LogP) is 1.79. The molecule has 2 rings (SSSR count). The third kappa shape index (κ3) is 2.62. The number of hydrogen-bond donors (Lipinski definition) is 1. The third-order valence-electron chi connectivity index (χ3n) is 3.28. The molecular formula is C11H11F3N2O3S. The Hall–Kier alpha value is -1.64. The Labute approximate surface area is 116 Å². The van der Waals surface area contributed by atoms with Crippen LogP contribution in [0.1, 0.15) is 15.4 Å². The van der Waals surface area contributed by atoms with Crippen molar-refractivity contribution in [3.05, 3.63) is 16.1 Å². The minimum Gasteiger partial charge on any atom is -0.481 e. The van der Waals surface area contributed by atoms with E-state index in [1.165, 1.54) is 5.51 Å². The van der Waals surface area contributed by atoms with E-state index in [1.54, 1.807) is 6.92 Å². The lowest BCUT2D eigenvalue weighted by molar-refractivity contribution is -0.187. The highest BCUT2D eigenvalue weighted by Crippen LogP contribution is 2.38. The zero-order chi connectivity index (χ0) is 15.1. The molecule has 1 aliphatic rings. The molecule has 1 N–H and O–H groups in total. The number of amides is 1. The summed E-state index contributed by atoms with van der Waals surface area (Å²) >= 11 is 1.03. The van der Waals surface area contributed by atoms with Crippen molar-refractivity contribution in [3.8, 4) is 0 Å². The number of rotatable bonds is 2. The second kappa shape index (κ2) is 5.04. The third-order valence-corrected chi connectivity index (χ3v) is 4.20. The Morgan fingerprint density at radius 2 is 2.10 bits per heavy atom. The number of carbonyl (C=O) groups is 2. The van der Waals surface area contributed by atoms with Crippen LogP contribution in [-0.4, -0.2) is 46.1 Å². The van der Waals surface area contributed by atoms with Gasteiger partial charge in [0, 0.05) is 13.1 Å². The number of hydrogen-bond acceptors (Lipinski definition) is 4. The summed E-state index contributed by atoms with van der Waals surface area (Å²) in [6, 6.07) is 0. The average molecular weight is 308 g/mol. The highest BCUT2D eigenvalue weighted by atomic mass is 32.1. The number of carboxylic acid groups (broad SMARTS) is 1. The van der Waals surface area contributed by atoms with Crippen molar-refractivity contribution in [2.75, 3.05) is 13.1 Å². The molecule has 0 spiro atoms. The van der Waals surface area contributed by atoms with Gasteiger partial charge in [-0.3, -0.25) is 9.59 Å². The first kappa shape index (κ1) is 14.8. The SMILES string of the molecule is Cc1ncsc1C(=O)N1C[C@@H](C(F)(F)F)[C@H](C(=O)O)C1. The molecule has 9 heteroatoms. The molecule has 1 aliphatic heterocycles. The fraction of sp³-hybridized carbons (Fsp3) is 0.545. The van der Waals surface area contributed by atoms with Crippen molar-refractivity contribution in [2.24, 2.45) is 11.8 Å². The van der Waals surface area contributed by atoms with E-state index in [9.17, 15) is 22.8 Å². The summed E-state index contributed by atoms with van der Waals surface area (Å²) in [4.78, 5) is 28.1. The van der Waals surface area contributed by atoms with Crippen LogP contribution in [0.15, 0.2) is 5.51 Å². The smallest absolute Gasteiger partial charge is 0.394 e. The normalized spacial score (nSPS) is 23.1. The maximum atomic E-state index is 12.8. The van der Waals surface area contributed by atoms with E-state index in [0.29, 0.717) is 5.69 Å². The summed E-state index contributed by atoms with van der Waals surface area (Å²) in [5.74, 6) is -5.78. The number of carboxylic acids is 1. The number of thiazole rings is 1. The Kier molecular flexibility index (Phi) is 3.72. The number of likely N-dealkylation sites (tertiary alicyclic amines) is 1. The van der Waals surface area contributed by atoms with E-state index >= 15 is 0 Å². The summed E-state index contributed by atoms with van der Waals surface area (Å²) in [5.41, 5.74) is 1.86. The summed E-state index contributed by atoms with van der Waals surface area (Å²) in [5, 5.41) is 8.88. The van der Waals surface area contributed by atoms with Crippen LogP contribution in [0.3, 0.4) is 0 Å². The molecule has 2 atom stereocenters. The Balaban J connectivity index is 2.22. The lowest BCUT2D eigenvalue weighted by Crippen LogP contribution is -2.34. The van der Waals surface area contributed by atoms with Gasteiger partial charge in [0.2, 0.25) is 0 Å². The topological polar surface area (TPSA) is 70.5 Å². The number of halogens is 3. The average Bonchev–Trinajstić information content (AvgIpc) is 2.92. The first-order valence-electron chi connectivity index (χ1n) is 5.70. The number of carbonyl (C=O) groups excluding carboxylic acids is 1. The van der Waals surface area contributed by atoms with Gasteiger partial charge < -0.3 is 10.0 Å². The number of nitrogens with zero attached hydrogens (tertiary/aromatic N) is 2. The Bertz CT molecular complexity index is 543. The number of alkyl halides is 3. The molecule has 20 heavy (non-hydrogen) atoms. The van der Waals surface area contributed by atoms with E-state index in [-0.39, 0.29) is 4.88 Å². The maximum Gasteiger partial charge on any atom is 0.394 e. The number of aliphatic carboxylic acids is 1. The first-order valence-corrected chi connectivity index (χ1v) is 6.58. The zero-order valence-corrected chi connectivity index (χ0v) is 11.2. The van der Waals surface area contributed by atoms with Gasteiger partial charge >= 0.3 is 12.1 Å². The van der Waals surface area contributed by atoms with Crippen molar-refractivity contribution >= 4 is 23.2 Å². The van der Waals surface area contributed by atoms with Crippen LogP contribution in [-0.2, 0) is 4.79 Å². The molecule has 1 aromatic heterocycles. The molecular weight excluding hydrogens is 297 g/mol. The van der Waals surface area contributed by atoms with Gasteiger partial charge in [-0.05, 0) is 6.92 Å². The molecule has 0 bridgehead atoms. The number of aromatic nitrogens is 1. The molecule has 0 radical (unpaired) electrons. The van der Waals surface area contributed by atoms with Crippen molar-refractivity contribution in [1.82, 2.24) is 9.88 Å². The molecule has 110 valence electrons. The highest BCUT2D eigenvalue weighted by molar-refractivity contribution is 7.11. The lowest BCUT2D eigenvalue weighted by Gasteiger charge is -2.18. The standard InChI is InChI=1S/C11H11F3N2O3S/c1-5-8(20-4-15-5)9(17)16-2-6(10(18)19)7(3-16)11(12,13)14/h4,6-7H,2-3H2,1H3,(H,18,19)/t6-,7-/m1/s1. The van der Waals surface area contributed by atoms with Gasteiger partial charge in [-0.1, -0.05) is 0 Å². The molecule has 5 nitrogen and oxygen atoms in total. The highest BCUT2D eigenvalue weighted by Gasteiger charge is 2.53. The molecule has 0 aliphatic carbocycles. The largest absolute Gasteiger partial charge is 0.481 e. The second-order valence-electron chi connectivity index (χ2n) is 4.57. The first-order chi connectivity index (χ1) is 9.21. The zero-order valence-electron chi connectivity index (χ0n) is 10.3. The van der Waals surface area contributed by atoms with Crippen LogP contribution < -0.4 is 0 Å². The molecule has 1 aromatic rings. The molecule has 1 saturated heterocycles. The Morgan fingerprint density at radius 3 is 2.50 bits per heavy atom. The fourth-order valence-electron chi connectivity index (χ4n) is 2.20. The molecule has 0 saturated carbocycles. The van der Waals surface area contributed by atoms with Crippen LogP contribution in [0.4, 0.5) is 13.2 Å². The van der Waals surface area contributed by atoms with Crippen LogP contribution >= 0.6 is 11.3 Å². The summed E-state index contributed by atoms with van der Waals surface area (Å²) < 4.78 is 38.5. The van der Waals surface area contributed by atoms with Crippen molar-refractivity contribution < 1.29 is 27.9 Å². The van der Waals surface area contributed by atoms with Crippen LogP contribution in [0.5, 0.6) is 0 Å². The predicted molar refractivity (Wildman–Crippen MR) is 63.4 cm³/mol. The summed E-state index contributed by atoms with van der Waals surface area (Å²) in [6.45, 7) is 0.516. The molecule has 1 amide bonds. The monoisotopic (exact) mass is 308 g/mol. The molecule has 0 unspecified atom stereocenters. The van der Waals surface area contributed by atoms with Crippen LogP contribution in [0.2, 0.25) is 0 Å². The van der Waals surface area contributed by atoms with Crippen LogP contribution in [0.25, 0.3) is 0 Å². The maximum absolute atomic E-state index is 12.8. The van der Waals surface area contributed by atoms with E-state index in [0.717, 1.165) is 16.2 Å². The van der Waals surface area contributed by atoms with Gasteiger partial charge in [0.05, 0.1) is 23.0 Å². The van der Waals surface area contributed by atoms with E-state index in [1.807, 2.05) is 0 Å². The van der Waals surface area contributed by atoms with E-state index in [2.05, 4.69) is 4.98 Å². The summed E-state index contributed by atoms with van der Waals surface area (Å²) in [7, 11) is 0. The van der Waals surface area contributed by atoms with E-state index < -0.39 is 43.0 Å². The van der Waals surface area contributed by atoms with Gasteiger partial charge in [0.15, 0.2) is 0 Å². The van der Waals surface area contributed by atoms with Gasteiger partial charge in [0.1, 0.15) is 4.88 Å². The number of aryl methyl sites for hydroxylation is 1. The summed E-state index contributed by atoms with van der Waals surface area (Å²) in [6.07, 6.45) is -4.64. The quantitative estimate of drug-likeness (QED) is 0.904. The fourth-order valence-corrected chi connectivity index (χ4v) is 2.97. The molecule has 0 aromatic carbocycles. The van der Waals surface area contributed by atoms with Gasteiger partial charge in [-0.2, -0.15) is 13.2 Å². The van der Waals surface area contributed by atoms with E-state index in [4.69, 9.17) is 5.11 Å². The molecule has 1 fully saturated rings. The minimum absolute atomic E-state index is 0.247. The van der Waals surface area contributed by atoms with Crippen LogP contribution in [0, 0.1) is 18.8 Å². The van der Waals surface area contributed by atoms with Crippen molar-refractivity contribution in [1.29, 1.82) is 0 Å². The molecule has 2 heterocycles.